The zero-order valence-electron chi connectivity index (χ0n) is 15.6. The molecule has 2 aliphatic rings. The zero-order chi connectivity index (χ0) is 18.9. The molecule has 1 aliphatic heterocycles. The van der Waals surface area contributed by atoms with Crippen molar-refractivity contribution >= 4 is 11.8 Å². The van der Waals surface area contributed by atoms with Crippen LogP contribution in [0.4, 0.5) is 10.6 Å². The lowest BCUT2D eigenvalue weighted by Crippen LogP contribution is -2.31. The molecule has 0 unspecified atom stereocenters. The number of rotatable bonds is 3. The highest BCUT2D eigenvalue weighted by Gasteiger charge is 2.27. The molecule has 1 aliphatic carbocycles. The second-order valence-corrected chi connectivity index (χ2v) is 7.42. The van der Waals surface area contributed by atoms with Gasteiger partial charge in [0.25, 0.3) is 0 Å². The molecule has 0 spiro atoms. The summed E-state index contributed by atoms with van der Waals surface area (Å²) in [5, 5.41) is 7.45. The van der Waals surface area contributed by atoms with E-state index in [1.54, 1.807) is 11.1 Å². The van der Waals surface area contributed by atoms with E-state index in [2.05, 4.69) is 20.4 Å². The average Bonchev–Trinajstić information content (AvgIpc) is 3.47. The molecule has 7 nitrogen and oxygen atoms in total. The predicted octanol–water partition coefficient (Wildman–Crippen LogP) is 4.00. The topological polar surface area (TPSA) is 75.9 Å². The fraction of sp³-hybridized carbons (Fsp3) is 0.333. The lowest BCUT2D eigenvalue weighted by Gasteiger charge is -2.19. The van der Waals surface area contributed by atoms with Crippen LogP contribution in [0.5, 0.6) is 0 Å². The van der Waals surface area contributed by atoms with Gasteiger partial charge in [0.1, 0.15) is 5.82 Å². The van der Waals surface area contributed by atoms with Crippen molar-refractivity contribution in [2.75, 3.05) is 5.32 Å². The van der Waals surface area contributed by atoms with Gasteiger partial charge in [0.2, 0.25) is 0 Å². The molecule has 1 N–H and O–H groups in total. The molecule has 0 bridgehead atoms. The van der Waals surface area contributed by atoms with Crippen LogP contribution in [0.1, 0.15) is 43.0 Å². The summed E-state index contributed by atoms with van der Waals surface area (Å²) in [5.74, 6) is 1.46. The van der Waals surface area contributed by atoms with Gasteiger partial charge in [0.05, 0.1) is 31.0 Å². The Balaban J connectivity index is 1.30. The number of carbonyl (C=O) groups is 1. The van der Waals surface area contributed by atoms with Crippen LogP contribution in [-0.4, -0.2) is 30.7 Å². The Kier molecular flexibility index (Phi) is 4.27. The van der Waals surface area contributed by atoms with E-state index >= 15 is 0 Å². The molecular formula is C21H22N6O. The number of aromatic nitrogens is 4. The Labute approximate surface area is 163 Å². The van der Waals surface area contributed by atoms with Crippen LogP contribution >= 0.6 is 0 Å². The van der Waals surface area contributed by atoms with E-state index in [-0.39, 0.29) is 6.03 Å². The number of hydrogen-bond acceptors (Lipinski definition) is 4. The molecule has 1 aromatic carbocycles. The largest absolute Gasteiger partial charge is 0.323 e. The number of fused-ring (bicyclic) bond motifs is 1. The molecule has 5 rings (SSSR count). The van der Waals surface area contributed by atoms with Crippen LogP contribution in [-0.2, 0) is 13.1 Å². The number of amides is 2. The predicted molar refractivity (Wildman–Crippen MR) is 105 cm³/mol. The van der Waals surface area contributed by atoms with E-state index in [4.69, 9.17) is 0 Å². The normalized spacial score (nSPS) is 16.4. The lowest BCUT2D eigenvalue weighted by molar-refractivity contribution is 0.212. The van der Waals surface area contributed by atoms with Gasteiger partial charge in [-0.25, -0.2) is 19.4 Å². The number of carbonyl (C=O) groups excluding carboxylic acids is 1. The molecule has 3 aromatic rings. The first-order valence-corrected chi connectivity index (χ1v) is 9.77. The summed E-state index contributed by atoms with van der Waals surface area (Å²) in [7, 11) is 0. The van der Waals surface area contributed by atoms with Crippen LogP contribution in [0.15, 0.2) is 48.8 Å². The lowest BCUT2D eigenvalue weighted by atomic mass is 10.2. The van der Waals surface area contributed by atoms with Gasteiger partial charge in [0.15, 0.2) is 5.82 Å². The highest BCUT2D eigenvalue weighted by Crippen LogP contribution is 2.31. The molecule has 7 heteroatoms. The van der Waals surface area contributed by atoms with Crippen molar-refractivity contribution in [3.63, 3.8) is 0 Å². The Morgan fingerprint density at radius 1 is 1.07 bits per heavy atom. The molecule has 2 amide bonds. The third-order valence-corrected chi connectivity index (χ3v) is 5.55. The molecule has 3 heterocycles. The first-order chi connectivity index (χ1) is 13.8. The molecule has 2 aromatic heterocycles. The molecule has 28 heavy (non-hydrogen) atoms. The zero-order valence-corrected chi connectivity index (χ0v) is 15.6. The van der Waals surface area contributed by atoms with Gasteiger partial charge in [-0.05, 0) is 12.8 Å². The molecule has 142 valence electrons. The summed E-state index contributed by atoms with van der Waals surface area (Å²) in [6.07, 6.45) is 8.28. The van der Waals surface area contributed by atoms with Crippen molar-refractivity contribution < 1.29 is 4.79 Å². The van der Waals surface area contributed by atoms with Crippen molar-refractivity contribution in [1.29, 1.82) is 0 Å². The first kappa shape index (κ1) is 16.9. The van der Waals surface area contributed by atoms with E-state index in [0.29, 0.717) is 25.0 Å². The first-order valence-electron chi connectivity index (χ1n) is 9.77. The molecule has 0 saturated heterocycles. The van der Waals surface area contributed by atoms with Gasteiger partial charge in [-0.15, -0.1) is 0 Å². The average molecular weight is 374 g/mol. The maximum atomic E-state index is 12.8. The Hall–Kier alpha value is -3.22. The Morgan fingerprint density at radius 3 is 2.71 bits per heavy atom. The van der Waals surface area contributed by atoms with Crippen molar-refractivity contribution in [1.82, 2.24) is 24.6 Å². The minimum absolute atomic E-state index is 0.126. The highest BCUT2D eigenvalue weighted by atomic mass is 16.2. The standard InChI is InChI=1S/C21H22N6O/c28-21(25-19-10-11-23-27(19)17-8-4-5-9-17)26-13-16-12-22-20(24-18(16)14-26)15-6-2-1-3-7-15/h1-3,6-7,10-12,17H,4-5,8-9,13-14H2,(H,25,28). The molecule has 0 atom stereocenters. The maximum absolute atomic E-state index is 12.8. The van der Waals surface area contributed by atoms with Crippen LogP contribution in [0.3, 0.4) is 0 Å². The van der Waals surface area contributed by atoms with E-state index in [0.717, 1.165) is 35.5 Å². The van der Waals surface area contributed by atoms with E-state index in [9.17, 15) is 4.79 Å². The van der Waals surface area contributed by atoms with E-state index < -0.39 is 0 Å². The fourth-order valence-corrected chi connectivity index (χ4v) is 4.06. The minimum Gasteiger partial charge on any atom is -0.314 e. The van der Waals surface area contributed by atoms with Crippen LogP contribution in [0, 0.1) is 0 Å². The third-order valence-electron chi connectivity index (χ3n) is 5.55. The number of anilines is 1. The van der Waals surface area contributed by atoms with E-state index in [1.807, 2.05) is 47.3 Å². The van der Waals surface area contributed by atoms with Crippen LogP contribution in [0.2, 0.25) is 0 Å². The third kappa shape index (κ3) is 3.13. The number of nitrogens with one attached hydrogen (secondary N) is 1. The monoisotopic (exact) mass is 374 g/mol. The van der Waals surface area contributed by atoms with Gasteiger partial charge < -0.3 is 4.90 Å². The second kappa shape index (κ2) is 7.07. The highest BCUT2D eigenvalue weighted by molar-refractivity contribution is 5.88. The van der Waals surface area contributed by atoms with Crippen molar-refractivity contribution in [2.24, 2.45) is 0 Å². The van der Waals surface area contributed by atoms with Gasteiger partial charge in [-0.1, -0.05) is 43.2 Å². The van der Waals surface area contributed by atoms with E-state index in [1.165, 1.54) is 12.8 Å². The molecule has 1 fully saturated rings. The molecule has 0 radical (unpaired) electrons. The minimum atomic E-state index is -0.126. The smallest absolute Gasteiger partial charge is 0.314 e. The summed E-state index contributed by atoms with van der Waals surface area (Å²) >= 11 is 0. The van der Waals surface area contributed by atoms with Gasteiger partial charge in [0, 0.05) is 23.4 Å². The Bertz CT molecular complexity index is 993. The summed E-state index contributed by atoms with van der Waals surface area (Å²) < 4.78 is 1.96. The summed E-state index contributed by atoms with van der Waals surface area (Å²) in [5.41, 5.74) is 2.89. The van der Waals surface area contributed by atoms with Crippen molar-refractivity contribution in [3.8, 4) is 11.4 Å². The van der Waals surface area contributed by atoms with Crippen LogP contribution < -0.4 is 5.32 Å². The summed E-state index contributed by atoms with van der Waals surface area (Å²) in [6, 6.07) is 12.0. The van der Waals surface area contributed by atoms with Gasteiger partial charge in [-0.2, -0.15) is 5.10 Å². The van der Waals surface area contributed by atoms with Gasteiger partial charge in [-0.3, -0.25) is 5.32 Å². The molecule has 1 saturated carbocycles. The number of nitrogens with zero attached hydrogens (tertiary/aromatic N) is 5. The quantitative estimate of drug-likeness (QED) is 0.752. The number of hydrogen-bond donors (Lipinski definition) is 1. The number of urea groups is 1. The maximum Gasteiger partial charge on any atom is 0.323 e. The van der Waals surface area contributed by atoms with Crippen molar-refractivity contribution in [2.45, 2.75) is 44.8 Å². The summed E-state index contributed by atoms with van der Waals surface area (Å²) in [4.78, 5) is 23.7. The summed E-state index contributed by atoms with van der Waals surface area (Å²) in [6.45, 7) is 1.01. The second-order valence-electron chi connectivity index (χ2n) is 7.42. The fourth-order valence-electron chi connectivity index (χ4n) is 4.06. The molecular weight excluding hydrogens is 352 g/mol. The number of benzene rings is 1. The van der Waals surface area contributed by atoms with Gasteiger partial charge >= 0.3 is 6.03 Å². The SMILES string of the molecule is O=C(Nc1ccnn1C1CCCC1)N1Cc2cnc(-c3ccccc3)nc2C1. The van der Waals surface area contributed by atoms with Crippen molar-refractivity contribution in [3.05, 3.63) is 60.0 Å². The van der Waals surface area contributed by atoms with Crippen LogP contribution in [0.25, 0.3) is 11.4 Å². The Morgan fingerprint density at radius 2 is 1.89 bits per heavy atom.